The first kappa shape index (κ1) is 31.2. The molecule has 0 fully saturated rings. The predicted octanol–water partition coefficient (Wildman–Crippen LogP) is 18.7. The monoisotopic (exact) mass is 1190 g/mol. The van der Waals surface area contributed by atoms with E-state index in [2.05, 4.69) is 12.1 Å². The van der Waals surface area contributed by atoms with Gasteiger partial charge in [0.2, 0.25) is 0 Å². The van der Waals surface area contributed by atoms with Crippen LogP contribution in [0, 0.1) is 18.8 Å². The molecule has 0 radical (unpaired) electrons. The van der Waals surface area contributed by atoms with Crippen molar-refractivity contribution in [2.75, 3.05) is 9.80 Å². The van der Waals surface area contributed by atoms with Gasteiger partial charge in [0.25, 0.3) is 0 Å². The van der Waals surface area contributed by atoms with E-state index < -0.39 is 126 Å². The number of hydrogen-bond donors (Lipinski definition) is 0. The van der Waals surface area contributed by atoms with Gasteiger partial charge in [-0.1, -0.05) is 214 Å². The van der Waals surface area contributed by atoms with Gasteiger partial charge in [-0.05, 0) is 57.3 Å². The van der Waals surface area contributed by atoms with E-state index in [4.69, 9.17) is 41.9 Å². The number of rotatable bonds is 11. The molecule has 0 bridgehead atoms. The molecule has 0 aliphatic carbocycles. The summed E-state index contributed by atoms with van der Waals surface area (Å²) in [6.45, 7) is 7.78. The van der Waals surface area contributed by atoms with Crippen LogP contribution in [0.3, 0.4) is 0 Å². The van der Waals surface area contributed by atoms with Gasteiger partial charge < -0.3 is 23.8 Å². The number of benzene rings is 10. The second kappa shape index (κ2) is 20.6. The average molecular weight is 1200 g/mol. The molecule has 10 aromatic carbocycles. The quantitative estimate of drug-likeness (QED) is 0.121. The van der Waals surface area contributed by atoms with Gasteiger partial charge in [0.15, 0.2) is 0 Å². The summed E-state index contributed by atoms with van der Waals surface area (Å²) in [6, 6.07) is 29.6. The number of fused-ring (bicyclic) bond motifs is 4. The Morgan fingerprint density at radius 2 is 1.05 bits per heavy atom. The SMILES string of the molecule is [2H]c1c([2H])c([2H])c(-c2cccc(-c3c([2H])c([2H])c([2H])c([2H])c3[2H])c2Oc2ccnc(-n3c4[c-]c(Oc5[c-]c(N6[CH-]N(c7c(-c8c([2H])c([2H])c([2H])c([2H])c8[2H])cccc7-c7c([2H])c([2H])c([2H])c([2H])c7[2H])c7ccccc76)cc(C(C)(C)C)c5)ccc4c4ccccc43)c2)c([2H])c1[2H].[Pt]. The summed E-state index contributed by atoms with van der Waals surface area (Å²) in [5.74, 6) is 0.695. The fourth-order valence-electron chi connectivity index (χ4n) is 9.41. The van der Waals surface area contributed by atoms with Gasteiger partial charge in [-0.15, -0.1) is 53.6 Å². The molecule has 376 valence electrons. The maximum absolute atomic E-state index is 9.15. The van der Waals surface area contributed by atoms with Gasteiger partial charge in [0.1, 0.15) is 17.3 Å². The third-order valence-electron chi connectivity index (χ3n) is 12.9. The second-order valence-electron chi connectivity index (χ2n) is 18.6. The minimum absolute atomic E-state index is 0. The predicted molar refractivity (Wildman–Crippen MR) is 311 cm³/mol. The Bertz CT molecular complexity index is 5040. The Kier molecular flexibility index (Phi) is 8.35. The van der Waals surface area contributed by atoms with Crippen LogP contribution in [0.15, 0.2) is 248 Å². The van der Waals surface area contributed by atoms with E-state index in [1.165, 1.54) is 30.5 Å². The molecule has 2 aromatic heterocycles. The van der Waals surface area contributed by atoms with E-state index in [-0.39, 0.29) is 100 Å². The fraction of sp³-hybridized carbons (Fsp3) is 0.0571. The van der Waals surface area contributed by atoms with Gasteiger partial charge in [0.05, 0.1) is 27.4 Å². The van der Waals surface area contributed by atoms with Crippen molar-refractivity contribution >= 4 is 44.6 Å². The zero-order chi connectivity index (χ0) is 68.6. The van der Waals surface area contributed by atoms with Gasteiger partial charge >= 0.3 is 0 Å². The summed E-state index contributed by atoms with van der Waals surface area (Å²) in [5, 5.41) is 1.54. The van der Waals surface area contributed by atoms with Gasteiger partial charge in [-0.2, -0.15) is 6.07 Å². The van der Waals surface area contributed by atoms with Crippen molar-refractivity contribution in [3.8, 4) is 73.3 Å². The van der Waals surface area contributed by atoms with Crippen LogP contribution in [0.25, 0.3) is 72.1 Å². The minimum atomic E-state index is -0.636. The molecule has 3 heterocycles. The molecule has 0 spiro atoms. The van der Waals surface area contributed by atoms with Crippen LogP contribution in [-0.2, 0) is 26.5 Å². The van der Waals surface area contributed by atoms with Crippen LogP contribution in [0.4, 0.5) is 22.7 Å². The summed E-state index contributed by atoms with van der Waals surface area (Å²) in [6.07, 6.45) is 1.47. The molecule has 0 saturated carbocycles. The van der Waals surface area contributed by atoms with Crippen molar-refractivity contribution in [1.82, 2.24) is 9.55 Å². The molecule has 0 atom stereocenters. The Hall–Kier alpha value is -8.96. The molecule has 0 N–H and O–H groups in total. The second-order valence-corrected chi connectivity index (χ2v) is 18.6. The third kappa shape index (κ3) is 9.36. The molecule has 12 aromatic rings. The molecule has 13 rings (SSSR count). The van der Waals surface area contributed by atoms with Crippen molar-refractivity contribution in [2.24, 2.45) is 0 Å². The summed E-state index contributed by atoms with van der Waals surface area (Å²) in [7, 11) is 0. The molecular weight excluding hydrogens is 1120 g/mol. The van der Waals surface area contributed by atoms with E-state index >= 15 is 0 Å². The third-order valence-corrected chi connectivity index (χ3v) is 12.9. The maximum Gasteiger partial charge on any atom is 0.143 e. The molecule has 0 saturated heterocycles. The van der Waals surface area contributed by atoms with E-state index in [0.29, 0.717) is 28.1 Å². The van der Waals surface area contributed by atoms with Gasteiger partial charge in [-0.25, -0.2) is 4.98 Å². The summed E-state index contributed by atoms with van der Waals surface area (Å²) < 4.78 is 190. The Morgan fingerprint density at radius 3 is 1.65 bits per heavy atom. The van der Waals surface area contributed by atoms with Crippen LogP contribution >= 0.6 is 0 Å². The standard InChI is InChI=1S/C70H51N4O2.Pt/c1-70(2,3)52-42-53(72-47-73(65-37-19-18-36-64(65)72)68-57(48-22-8-4-9-23-48)31-20-32-58(68)49-24-10-5-11-25-49)44-56(43-52)75-54-38-39-62-61-30-16-17-35-63(61)74(66(62)45-54)67-46-55(40-41-71-67)76-69-59(50-26-12-6-13-27-50)33-21-34-60(69)51-28-14-7-15-29-51;/h4-43,46-47H,1-3H3;/q-3;/i4D,5D,6D,7D,8D,9D,10D,11D,12D,13D,14D,15D,22D,23D,24D,25D,26D,27D,28D,29D;. The zero-order valence-electron chi connectivity index (χ0n) is 61.1. The number of pyridine rings is 1. The van der Waals surface area contributed by atoms with E-state index in [1.807, 2.05) is 84.8 Å². The van der Waals surface area contributed by atoms with Crippen molar-refractivity contribution in [3.05, 3.63) is 273 Å². The molecule has 0 amide bonds. The molecule has 7 heteroatoms. The van der Waals surface area contributed by atoms with Crippen molar-refractivity contribution < 1.29 is 58.0 Å². The Labute approximate surface area is 492 Å². The Morgan fingerprint density at radius 1 is 0.506 bits per heavy atom. The Balaban J connectivity index is 0.00000897. The van der Waals surface area contributed by atoms with Crippen molar-refractivity contribution in [1.29, 1.82) is 0 Å². The average Bonchev–Trinajstić information content (AvgIpc) is 1.71. The number of ether oxygens (including phenoxy) is 2. The normalized spacial score (nSPS) is 15.8. The summed E-state index contributed by atoms with van der Waals surface area (Å²) in [4.78, 5) is 8.33. The zero-order valence-corrected chi connectivity index (χ0v) is 43.4. The number of nitrogens with zero attached hydrogens (tertiary/aromatic N) is 4. The van der Waals surface area contributed by atoms with Crippen LogP contribution in [-0.4, -0.2) is 9.55 Å². The van der Waals surface area contributed by atoms with Crippen LogP contribution in [0.2, 0.25) is 0 Å². The molecule has 1 aliphatic heterocycles. The van der Waals surface area contributed by atoms with Gasteiger partial charge in [0, 0.05) is 89.7 Å². The molecule has 0 unspecified atom stereocenters. The number of anilines is 4. The minimum Gasteiger partial charge on any atom is -0.509 e. The van der Waals surface area contributed by atoms with E-state index in [1.54, 1.807) is 54.0 Å². The van der Waals surface area contributed by atoms with Crippen LogP contribution in [0.5, 0.6) is 23.0 Å². The number of aromatic nitrogens is 2. The smallest absolute Gasteiger partial charge is 0.143 e. The van der Waals surface area contributed by atoms with Crippen LogP contribution < -0.4 is 19.3 Å². The fourth-order valence-corrected chi connectivity index (χ4v) is 9.41. The number of hydrogen-bond acceptors (Lipinski definition) is 5. The topological polar surface area (TPSA) is 42.8 Å². The first-order chi connectivity index (χ1) is 45.6. The van der Waals surface area contributed by atoms with Crippen molar-refractivity contribution in [2.45, 2.75) is 26.2 Å². The number of para-hydroxylation sites is 5. The van der Waals surface area contributed by atoms with E-state index in [0.717, 1.165) is 16.3 Å². The largest absolute Gasteiger partial charge is 0.509 e. The first-order valence-electron chi connectivity index (χ1n) is 34.0. The molecule has 1 aliphatic rings. The molecular formula is C70H51N4O2Pt-3. The van der Waals surface area contributed by atoms with Crippen molar-refractivity contribution in [3.63, 3.8) is 0 Å². The van der Waals surface area contributed by atoms with Crippen LogP contribution in [0.1, 0.15) is 53.7 Å². The van der Waals surface area contributed by atoms with E-state index in [9.17, 15) is 0 Å². The summed E-state index contributed by atoms with van der Waals surface area (Å²) >= 11 is 0. The van der Waals surface area contributed by atoms with Gasteiger partial charge in [-0.3, -0.25) is 0 Å². The summed E-state index contributed by atoms with van der Waals surface area (Å²) in [5.41, 5.74) is 2.42. The maximum atomic E-state index is 9.15. The molecule has 77 heavy (non-hydrogen) atoms. The molecule has 6 nitrogen and oxygen atoms in total. The first-order valence-corrected chi connectivity index (χ1v) is 24.0.